The molecule has 0 atom stereocenters. The molecule has 0 unspecified atom stereocenters. The number of pyridine rings is 2. The highest BCUT2D eigenvalue weighted by Crippen LogP contribution is 2.29. The predicted molar refractivity (Wildman–Crippen MR) is 110 cm³/mol. The van der Waals surface area contributed by atoms with E-state index in [1.807, 2.05) is 49.9 Å². The van der Waals surface area contributed by atoms with Gasteiger partial charge in [-0.15, -0.1) is 0 Å². The van der Waals surface area contributed by atoms with E-state index in [0.717, 1.165) is 39.4 Å². The minimum atomic E-state index is 0.522. The van der Waals surface area contributed by atoms with E-state index in [0.29, 0.717) is 6.04 Å². The second-order valence-corrected chi connectivity index (χ2v) is 7.48. The van der Waals surface area contributed by atoms with E-state index in [1.54, 1.807) is 4.68 Å². The lowest BCUT2D eigenvalue weighted by atomic mass is 9.95. The van der Waals surface area contributed by atoms with Gasteiger partial charge in [-0.3, -0.25) is 14.8 Å². The molecule has 5 rings (SSSR count). The molecule has 1 aliphatic rings. The third kappa shape index (κ3) is 3.24. The lowest BCUT2D eigenvalue weighted by Gasteiger charge is -2.23. The molecule has 1 aliphatic carbocycles. The third-order valence-corrected chi connectivity index (χ3v) is 5.40. The van der Waals surface area contributed by atoms with Crippen molar-refractivity contribution in [1.29, 1.82) is 0 Å². The number of nitrogens with zero attached hydrogens (tertiary/aromatic N) is 5. The van der Waals surface area contributed by atoms with Crippen LogP contribution in [-0.2, 0) is 7.05 Å². The molecule has 7 nitrogen and oxygen atoms in total. The van der Waals surface area contributed by atoms with Crippen LogP contribution in [0.5, 0.6) is 0 Å². The summed E-state index contributed by atoms with van der Waals surface area (Å²) in [7, 11) is 1.90. The zero-order chi connectivity index (χ0) is 18.9. The molecule has 4 aromatic heterocycles. The van der Waals surface area contributed by atoms with E-state index in [9.17, 15) is 0 Å². The minimum absolute atomic E-state index is 0.522. The van der Waals surface area contributed by atoms with E-state index >= 15 is 0 Å². The summed E-state index contributed by atoms with van der Waals surface area (Å²) in [6.07, 6.45) is 12.0. The lowest BCUT2D eigenvalue weighted by molar-refractivity contribution is 0.462. The van der Waals surface area contributed by atoms with E-state index in [-0.39, 0.29) is 0 Å². The lowest BCUT2D eigenvalue weighted by Crippen LogP contribution is -2.22. The maximum atomic E-state index is 4.84. The second-order valence-electron chi connectivity index (χ2n) is 7.48. The van der Waals surface area contributed by atoms with Crippen molar-refractivity contribution in [2.24, 2.45) is 7.05 Å². The van der Waals surface area contributed by atoms with Crippen molar-refractivity contribution in [1.82, 2.24) is 29.9 Å². The molecule has 4 heterocycles. The number of anilines is 1. The number of aromatic nitrogens is 6. The Morgan fingerprint density at radius 2 is 2.00 bits per heavy atom. The van der Waals surface area contributed by atoms with E-state index in [1.165, 1.54) is 32.1 Å². The van der Waals surface area contributed by atoms with Crippen molar-refractivity contribution < 1.29 is 0 Å². The van der Waals surface area contributed by atoms with Crippen LogP contribution in [-0.4, -0.2) is 36.0 Å². The normalized spacial score (nSPS) is 15.2. The zero-order valence-corrected chi connectivity index (χ0v) is 15.9. The molecule has 0 bridgehead atoms. The van der Waals surface area contributed by atoms with Gasteiger partial charge in [0.05, 0.1) is 29.3 Å². The molecular weight excluding hydrogens is 350 g/mol. The summed E-state index contributed by atoms with van der Waals surface area (Å²) in [5.74, 6) is 0.919. The van der Waals surface area contributed by atoms with Gasteiger partial charge in [-0.1, -0.05) is 25.3 Å². The Labute approximate surface area is 163 Å². The Bertz CT molecular complexity index is 1100. The topological polar surface area (TPSA) is 84.3 Å². The van der Waals surface area contributed by atoms with Crippen LogP contribution in [0.15, 0.2) is 42.9 Å². The van der Waals surface area contributed by atoms with Gasteiger partial charge in [-0.25, -0.2) is 4.98 Å². The SMILES string of the molecule is Cn1cc(-c2cc3c(-c4cccc(NC5CCCCC5)n4)n[nH]c3cn2)cn1. The van der Waals surface area contributed by atoms with Crippen LogP contribution < -0.4 is 5.32 Å². The number of fused-ring (bicyclic) bond motifs is 1. The first-order chi connectivity index (χ1) is 13.8. The second kappa shape index (κ2) is 7.07. The van der Waals surface area contributed by atoms with Gasteiger partial charge in [0.1, 0.15) is 11.5 Å². The maximum Gasteiger partial charge on any atom is 0.126 e. The van der Waals surface area contributed by atoms with Gasteiger partial charge < -0.3 is 5.32 Å². The van der Waals surface area contributed by atoms with Crippen LogP contribution in [0.2, 0.25) is 0 Å². The Morgan fingerprint density at radius 3 is 2.82 bits per heavy atom. The fourth-order valence-corrected chi connectivity index (χ4v) is 3.93. The minimum Gasteiger partial charge on any atom is -0.367 e. The van der Waals surface area contributed by atoms with Gasteiger partial charge in [-0.2, -0.15) is 10.2 Å². The molecule has 1 saturated carbocycles. The predicted octanol–water partition coefficient (Wildman–Crippen LogP) is 4.17. The molecule has 0 amide bonds. The summed E-state index contributed by atoms with van der Waals surface area (Å²) in [4.78, 5) is 9.37. The van der Waals surface area contributed by atoms with Gasteiger partial charge in [0.15, 0.2) is 0 Å². The number of aromatic amines is 1. The van der Waals surface area contributed by atoms with Gasteiger partial charge in [-0.05, 0) is 31.0 Å². The van der Waals surface area contributed by atoms with Crippen molar-refractivity contribution in [2.75, 3.05) is 5.32 Å². The van der Waals surface area contributed by atoms with Gasteiger partial charge in [0.25, 0.3) is 0 Å². The number of hydrogen-bond donors (Lipinski definition) is 2. The molecule has 142 valence electrons. The first-order valence-corrected chi connectivity index (χ1v) is 9.83. The van der Waals surface area contributed by atoms with Crippen LogP contribution in [0.4, 0.5) is 5.82 Å². The van der Waals surface area contributed by atoms with Gasteiger partial charge >= 0.3 is 0 Å². The summed E-state index contributed by atoms with van der Waals surface area (Å²) in [5.41, 5.74) is 4.46. The first kappa shape index (κ1) is 16.9. The number of H-pyrrole nitrogens is 1. The molecule has 4 aromatic rings. The Morgan fingerprint density at radius 1 is 1.11 bits per heavy atom. The fourth-order valence-electron chi connectivity index (χ4n) is 3.93. The molecular formula is C21H23N7. The van der Waals surface area contributed by atoms with Crippen molar-refractivity contribution in [3.8, 4) is 22.6 Å². The van der Waals surface area contributed by atoms with E-state index in [2.05, 4.69) is 25.6 Å². The number of aryl methyl sites for hydroxylation is 1. The van der Waals surface area contributed by atoms with Crippen molar-refractivity contribution in [3.63, 3.8) is 0 Å². The van der Waals surface area contributed by atoms with Crippen LogP contribution in [0.3, 0.4) is 0 Å². The highest BCUT2D eigenvalue weighted by molar-refractivity contribution is 5.93. The molecule has 0 radical (unpaired) electrons. The van der Waals surface area contributed by atoms with Crippen LogP contribution in [0, 0.1) is 0 Å². The quantitative estimate of drug-likeness (QED) is 0.561. The van der Waals surface area contributed by atoms with Crippen molar-refractivity contribution in [3.05, 3.63) is 42.9 Å². The van der Waals surface area contributed by atoms with Gasteiger partial charge in [0.2, 0.25) is 0 Å². The molecule has 0 spiro atoms. The third-order valence-electron chi connectivity index (χ3n) is 5.40. The summed E-state index contributed by atoms with van der Waals surface area (Å²) in [6.45, 7) is 0. The molecule has 7 heteroatoms. The Hall–Kier alpha value is -3.22. The highest BCUT2D eigenvalue weighted by Gasteiger charge is 2.16. The van der Waals surface area contributed by atoms with E-state index < -0.39 is 0 Å². The number of nitrogens with one attached hydrogen (secondary N) is 2. The molecule has 28 heavy (non-hydrogen) atoms. The zero-order valence-electron chi connectivity index (χ0n) is 15.9. The monoisotopic (exact) mass is 373 g/mol. The number of hydrogen-bond acceptors (Lipinski definition) is 5. The summed E-state index contributed by atoms with van der Waals surface area (Å²) < 4.78 is 1.78. The smallest absolute Gasteiger partial charge is 0.126 e. The first-order valence-electron chi connectivity index (χ1n) is 9.83. The fraction of sp³-hybridized carbons (Fsp3) is 0.333. The largest absolute Gasteiger partial charge is 0.367 e. The molecule has 0 saturated heterocycles. The molecule has 2 N–H and O–H groups in total. The summed E-state index contributed by atoms with van der Waals surface area (Å²) >= 11 is 0. The van der Waals surface area contributed by atoms with Crippen molar-refractivity contribution >= 4 is 16.7 Å². The maximum absolute atomic E-state index is 4.84. The van der Waals surface area contributed by atoms with Crippen LogP contribution in [0.25, 0.3) is 33.5 Å². The average molecular weight is 373 g/mol. The summed E-state index contributed by atoms with van der Waals surface area (Å²) in [6, 6.07) is 8.65. The van der Waals surface area contributed by atoms with Gasteiger partial charge in [0, 0.05) is 30.2 Å². The molecule has 1 fully saturated rings. The summed E-state index contributed by atoms with van der Waals surface area (Å²) in [5, 5.41) is 16.4. The van der Waals surface area contributed by atoms with Crippen LogP contribution >= 0.6 is 0 Å². The molecule has 0 aliphatic heterocycles. The Balaban J connectivity index is 1.49. The average Bonchev–Trinajstić information content (AvgIpc) is 3.35. The van der Waals surface area contributed by atoms with E-state index in [4.69, 9.17) is 4.98 Å². The van der Waals surface area contributed by atoms with Crippen molar-refractivity contribution in [2.45, 2.75) is 38.1 Å². The Kier molecular flexibility index (Phi) is 4.27. The highest BCUT2D eigenvalue weighted by atomic mass is 15.2. The number of rotatable bonds is 4. The standard InChI is InChI=1S/C21H23N7/c1-28-13-14(11-23-28)18-10-16-19(12-22-18)26-27-21(16)17-8-5-9-20(25-17)24-15-6-3-2-4-7-15/h5,8-13,15H,2-4,6-7H2,1H3,(H,24,25)(H,26,27). The van der Waals surface area contributed by atoms with Crippen LogP contribution in [0.1, 0.15) is 32.1 Å². The molecule has 0 aromatic carbocycles.